The van der Waals surface area contributed by atoms with Gasteiger partial charge >= 0.3 is 0 Å². The smallest absolute Gasteiger partial charge is 0.243 e. The summed E-state index contributed by atoms with van der Waals surface area (Å²) in [5.41, 5.74) is 1.07. The minimum Gasteiger partial charge on any atom is -0.326 e. The van der Waals surface area contributed by atoms with Gasteiger partial charge in [0.1, 0.15) is 0 Å². The van der Waals surface area contributed by atoms with Crippen LogP contribution in [0.2, 0.25) is 0 Å². The highest BCUT2D eigenvalue weighted by Crippen LogP contribution is 2.37. The number of sulfonamides is 1. The van der Waals surface area contributed by atoms with E-state index in [9.17, 15) is 13.2 Å². The Morgan fingerprint density at radius 2 is 2.12 bits per heavy atom. The maximum Gasteiger partial charge on any atom is 0.243 e. The molecule has 24 heavy (non-hydrogen) atoms. The molecule has 0 spiro atoms. The molecule has 1 saturated carbocycles. The van der Waals surface area contributed by atoms with Crippen molar-refractivity contribution in [3.63, 3.8) is 0 Å². The zero-order chi connectivity index (χ0) is 17.9. The molecular formula is C17H23N3O3S. The Labute approximate surface area is 143 Å². The number of rotatable bonds is 7. The first kappa shape index (κ1) is 18.4. The summed E-state index contributed by atoms with van der Waals surface area (Å²) in [4.78, 5) is 11.4. The van der Waals surface area contributed by atoms with Crippen molar-refractivity contribution in [1.29, 1.82) is 5.26 Å². The normalized spacial score (nSPS) is 15.8. The van der Waals surface area contributed by atoms with Crippen LogP contribution in [0.15, 0.2) is 23.1 Å². The molecule has 1 amide bonds. The number of amides is 1. The molecule has 1 atom stereocenters. The first-order valence-electron chi connectivity index (χ1n) is 8.04. The number of anilines is 1. The number of aryl methyl sites for hydroxylation is 1. The number of carbonyl (C=O) groups excluding carboxylic acids is 1. The monoisotopic (exact) mass is 349 g/mol. The third kappa shape index (κ3) is 4.13. The van der Waals surface area contributed by atoms with Crippen LogP contribution in [0.5, 0.6) is 0 Å². The van der Waals surface area contributed by atoms with E-state index in [0.717, 1.165) is 12.8 Å². The summed E-state index contributed by atoms with van der Waals surface area (Å²) in [6, 6.07) is 6.75. The molecule has 0 radical (unpaired) electrons. The highest BCUT2D eigenvalue weighted by Gasteiger charge is 2.38. The van der Waals surface area contributed by atoms with E-state index in [2.05, 4.69) is 5.32 Å². The van der Waals surface area contributed by atoms with Gasteiger partial charge in [-0.05, 0) is 50.3 Å². The van der Waals surface area contributed by atoms with Crippen molar-refractivity contribution in [2.75, 3.05) is 11.9 Å². The summed E-state index contributed by atoms with van der Waals surface area (Å²) in [5, 5.41) is 11.5. The molecule has 1 N–H and O–H groups in total. The predicted molar refractivity (Wildman–Crippen MR) is 91.8 cm³/mol. The summed E-state index contributed by atoms with van der Waals surface area (Å²) in [6.45, 7) is 5.19. The van der Waals surface area contributed by atoms with Crippen LogP contribution in [0.4, 0.5) is 5.69 Å². The van der Waals surface area contributed by atoms with Gasteiger partial charge in [0.05, 0.1) is 11.0 Å². The summed E-state index contributed by atoms with van der Waals surface area (Å²) in [5.74, 6) is 0.104. The van der Waals surface area contributed by atoms with Crippen molar-refractivity contribution in [2.45, 2.75) is 51.0 Å². The van der Waals surface area contributed by atoms with Gasteiger partial charge in [0.25, 0.3) is 0 Å². The van der Waals surface area contributed by atoms with Crippen LogP contribution in [0.1, 0.15) is 38.7 Å². The van der Waals surface area contributed by atoms with E-state index in [1.54, 1.807) is 19.1 Å². The standard InChI is InChI=1S/C17H23N3O3S/c1-12-5-8-16(19-14(3)21)11-17(12)24(22,23)20(10-4-9-18)13(2)15-6-7-15/h5,8,11,13,15H,4,6-7,10H2,1-3H3,(H,19,21)/t13-/m1/s1. The van der Waals surface area contributed by atoms with Crippen molar-refractivity contribution >= 4 is 21.6 Å². The van der Waals surface area contributed by atoms with E-state index >= 15 is 0 Å². The minimum absolute atomic E-state index is 0.132. The molecule has 0 saturated heterocycles. The molecule has 7 heteroatoms. The number of nitrogens with one attached hydrogen (secondary N) is 1. The van der Waals surface area contributed by atoms with E-state index in [0.29, 0.717) is 17.2 Å². The Balaban J connectivity index is 2.41. The van der Waals surface area contributed by atoms with E-state index in [1.165, 1.54) is 17.3 Å². The first-order valence-corrected chi connectivity index (χ1v) is 9.48. The Morgan fingerprint density at radius 3 is 2.67 bits per heavy atom. The van der Waals surface area contributed by atoms with Crippen molar-refractivity contribution in [2.24, 2.45) is 5.92 Å². The molecule has 0 aromatic heterocycles. The molecule has 130 valence electrons. The summed E-state index contributed by atoms with van der Waals surface area (Å²) < 4.78 is 27.8. The molecule has 1 aliphatic rings. The number of nitriles is 1. The summed E-state index contributed by atoms with van der Waals surface area (Å²) in [7, 11) is -3.74. The van der Waals surface area contributed by atoms with E-state index in [4.69, 9.17) is 5.26 Å². The third-order valence-corrected chi connectivity index (χ3v) is 6.43. The second kappa shape index (κ2) is 7.32. The van der Waals surface area contributed by atoms with Gasteiger partial charge in [0.15, 0.2) is 0 Å². The van der Waals surface area contributed by atoms with Gasteiger partial charge in [0, 0.05) is 31.6 Å². The highest BCUT2D eigenvalue weighted by molar-refractivity contribution is 7.89. The van der Waals surface area contributed by atoms with Crippen LogP contribution in [0.3, 0.4) is 0 Å². The fourth-order valence-corrected chi connectivity index (χ4v) is 4.75. The van der Waals surface area contributed by atoms with Crippen LogP contribution in [-0.4, -0.2) is 31.2 Å². The van der Waals surface area contributed by atoms with Crippen molar-refractivity contribution < 1.29 is 13.2 Å². The fraction of sp³-hybridized carbons (Fsp3) is 0.529. The Hall–Kier alpha value is -1.91. The van der Waals surface area contributed by atoms with E-state index in [1.807, 2.05) is 13.0 Å². The second-order valence-electron chi connectivity index (χ2n) is 6.26. The van der Waals surface area contributed by atoms with E-state index in [-0.39, 0.29) is 29.8 Å². The Kier molecular flexibility index (Phi) is 5.62. The lowest BCUT2D eigenvalue weighted by molar-refractivity contribution is -0.114. The molecule has 0 bridgehead atoms. The fourth-order valence-electron chi connectivity index (χ4n) is 2.80. The van der Waals surface area contributed by atoms with E-state index < -0.39 is 10.0 Å². The van der Waals surface area contributed by atoms with Gasteiger partial charge in [-0.1, -0.05) is 6.07 Å². The first-order chi connectivity index (χ1) is 11.3. The number of benzene rings is 1. The van der Waals surface area contributed by atoms with Crippen molar-refractivity contribution in [3.8, 4) is 6.07 Å². The number of hydrogen-bond acceptors (Lipinski definition) is 4. The zero-order valence-electron chi connectivity index (χ0n) is 14.2. The average molecular weight is 349 g/mol. The summed E-state index contributed by atoms with van der Waals surface area (Å²) in [6.07, 6.45) is 2.19. The van der Waals surface area contributed by atoms with Gasteiger partial charge in [0.2, 0.25) is 15.9 Å². The van der Waals surface area contributed by atoms with Crippen molar-refractivity contribution in [1.82, 2.24) is 4.31 Å². The van der Waals surface area contributed by atoms with Crippen LogP contribution in [0, 0.1) is 24.2 Å². The molecule has 1 aliphatic carbocycles. The summed E-state index contributed by atoms with van der Waals surface area (Å²) >= 11 is 0. The predicted octanol–water partition coefficient (Wildman–Crippen LogP) is 2.66. The lowest BCUT2D eigenvalue weighted by Gasteiger charge is -2.28. The van der Waals surface area contributed by atoms with Gasteiger partial charge in [-0.2, -0.15) is 9.57 Å². The molecule has 6 nitrogen and oxygen atoms in total. The van der Waals surface area contributed by atoms with Crippen LogP contribution in [-0.2, 0) is 14.8 Å². The molecule has 1 aromatic rings. The lowest BCUT2D eigenvalue weighted by Crippen LogP contribution is -2.40. The number of carbonyl (C=O) groups is 1. The van der Waals surface area contributed by atoms with Gasteiger partial charge in [-0.25, -0.2) is 8.42 Å². The van der Waals surface area contributed by atoms with Crippen LogP contribution in [0.25, 0.3) is 0 Å². The number of nitrogens with zero attached hydrogens (tertiary/aromatic N) is 2. The highest BCUT2D eigenvalue weighted by atomic mass is 32.2. The molecule has 2 rings (SSSR count). The molecular weight excluding hydrogens is 326 g/mol. The molecule has 1 aromatic carbocycles. The maximum absolute atomic E-state index is 13.2. The average Bonchev–Trinajstić information content (AvgIpc) is 3.33. The SMILES string of the molecule is CC(=O)Nc1ccc(C)c(S(=O)(=O)N(CCC#N)[C@H](C)C2CC2)c1. The lowest BCUT2D eigenvalue weighted by atomic mass is 10.2. The molecule has 0 aliphatic heterocycles. The molecule has 0 unspecified atom stereocenters. The Bertz CT molecular complexity index is 764. The van der Waals surface area contributed by atoms with Crippen LogP contribution >= 0.6 is 0 Å². The number of hydrogen-bond donors (Lipinski definition) is 1. The third-order valence-electron chi connectivity index (χ3n) is 4.30. The minimum atomic E-state index is -3.74. The van der Waals surface area contributed by atoms with Crippen molar-refractivity contribution in [3.05, 3.63) is 23.8 Å². The second-order valence-corrected chi connectivity index (χ2v) is 8.12. The largest absolute Gasteiger partial charge is 0.326 e. The van der Waals surface area contributed by atoms with Gasteiger partial charge < -0.3 is 5.32 Å². The Morgan fingerprint density at radius 1 is 1.46 bits per heavy atom. The van der Waals surface area contributed by atoms with Gasteiger partial charge in [-0.15, -0.1) is 0 Å². The topological polar surface area (TPSA) is 90.3 Å². The zero-order valence-corrected chi connectivity index (χ0v) is 15.1. The molecule has 0 heterocycles. The molecule has 1 fully saturated rings. The quantitative estimate of drug-likeness (QED) is 0.819. The van der Waals surface area contributed by atoms with Gasteiger partial charge in [-0.3, -0.25) is 4.79 Å². The van der Waals surface area contributed by atoms with Crippen LogP contribution < -0.4 is 5.32 Å². The maximum atomic E-state index is 13.2.